The lowest BCUT2D eigenvalue weighted by molar-refractivity contribution is -0.121. The van der Waals surface area contributed by atoms with Gasteiger partial charge in [0.25, 0.3) is 0 Å². The van der Waals surface area contributed by atoms with Crippen LogP contribution in [0.5, 0.6) is 0 Å². The molecule has 1 aromatic rings. The second-order valence-corrected chi connectivity index (χ2v) is 7.80. The van der Waals surface area contributed by atoms with E-state index in [-0.39, 0.29) is 37.2 Å². The number of carbonyl (C=O) groups excluding carboxylic acids is 1. The van der Waals surface area contributed by atoms with Crippen LogP contribution in [0.15, 0.2) is 30.3 Å². The molecule has 1 saturated heterocycles. The van der Waals surface area contributed by atoms with Crippen molar-refractivity contribution < 1.29 is 13.2 Å². The predicted octanol–water partition coefficient (Wildman–Crippen LogP) is 1.03. The lowest BCUT2D eigenvalue weighted by Crippen LogP contribution is -2.34. The van der Waals surface area contributed by atoms with Crippen molar-refractivity contribution in [3.8, 4) is 0 Å². The Labute approximate surface area is 150 Å². The van der Waals surface area contributed by atoms with E-state index in [1.165, 1.54) is 0 Å². The summed E-state index contributed by atoms with van der Waals surface area (Å²) in [6.45, 7) is 2.42. The summed E-state index contributed by atoms with van der Waals surface area (Å²) in [4.78, 5) is 11.7. The molecule has 1 heterocycles. The molecule has 3 N–H and O–H groups in total. The number of amides is 1. The van der Waals surface area contributed by atoms with Gasteiger partial charge in [0.1, 0.15) is 0 Å². The van der Waals surface area contributed by atoms with Crippen molar-refractivity contribution in [1.29, 1.82) is 0 Å². The van der Waals surface area contributed by atoms with Gasteiger partial charge in [-0.15, -0.1) is 12.4 Å². The number of sulfonamides is 1. The molecule has 1 aromatic carbocycles. The first-order valence-electron chi connectivity index (χ1n) is 8.04. The number of rotatable bonds is 9. The van der Waals surface area contributed by atoms with Gasteiger partial charge in [0.15, 0.2) is 0 Å². The molecule has 0 aromatic heterocycles. The third-order valence-corrected chi connectivity index (χ3v) is 5.30. The summed E-state index contributed by atoms with van der Waals surface area (Å²) in [7, 11) is -3.38. The first kappa shape index (κ1) is 20.9. The van der Waals surface area contributed by atoms with Crippen LogP contribution >= 0.6 is 12.4 Å². The van der Waals surface area contributed by atoms with Crippen LogP contribution in [0, 0.1) is 5.92 Å². The van der Waals surface area contributed by atoms with Gasteiger partial charge in [-0.25, -0.2) is 13.1 Å². The third-order valence-electron chi connectivity index (χ3n) is 3.97. The molecule has 1 unspecified atom stereocenters. The minimum Gasteiger partial charge on any atom is -0.355 e. The van der Waals surface area contributed by atoms with Crippen LogP contribution in [0.4, 0.5) is 0 Å². The van der Waals surface area contributed by atoms with Crippen molar-refractivity contribution in [1.82, 2.24) is 15.4 Å². The van der Waals surface area contributed by atoms with Crippen molar-refractivity contribution in [2.75, 3.05) is 25.4 Å². The molecule has 1 aliphatic rings. The predicted molar refractivity (Wildman–Crippen MR) is 97.5 cm³/mol. The van der Waals surface area contributed by atoms with E-state index >= 15 is 0 Å². The first-order chi connectivity index (χ1) is 11.1. The molecule has 0 radical (unpaired) electrons. The number of nitrogens with one attached hydrogen (secondary N) is 3. The Bertz CT molecular complexity index is 590. The van der Waals surface area contributed by atoms with Crippen LogP contribution < -0.4 is 15.4 Å². The van der Waals surface area contributed by atoms with Crippen LogP contribution in [0.3, 0.4) is 0 Å². The van der Waals surface area contributed by atoms with Gasteiger partial charge >= 0.3 is 0 Å². The molecule has 1 aliphatic heterocycles. The second-order valence-electron chi connectivity index (χ2n) is 5.87. The first-order valence-corrected chi connectivity index (χ1v) is 9.69. The number of carbonyl (C=O) groups is 1. The highest BCUT2D eigenvalue weighted by atomic mass is 35.5. The fourth-order valence-corrected chi connectivity index (χ4v) is 3.47. The number of hydrogen-bond acceptors (Lipinski definition) is 4. The molecular weight excluding hydrogens is 350 g/mol. The summed E-state index contributed by atoms with van der Waals surface area (Å²) in [6.07, 6.45) is 2.44. The molecule has 8 heteroatoms. The van der Waals surface area contributed by atoms with E-state index in [4.69, 9.17) is 0 Å². The smallest absolute Gasteiger partial charge is 0.220 e. The van der Waals surface area contributed by atoms with Gasteiger partial charge in [0, 0.05) is 19.5 Å². The Morgan fingerprint density at radius 2 is 2.00 bits per heavy atom. The van der Waals surface area contributed by atoms with Gasteiger partial charge in [-0.05, 0) is 37.4 Å². The number of hydrogen-bond donors (Lipinski definition) is 3. The summed E-state index contributed by atoms with van der Waals surface area (Å²) >= 11 is 0. The average Bonchev–Trinajstić information content (AvgIpc) is 3.05. The zero-order valence-corrected chi connectivity index (χ0v) is 15.3. The molecule has 1 amide bonds. The van der Waals surface area contributed by atoms with E-state index in [2.05, 4.69) is 15.4 Å². The highest BCUT2D eigenvalue weighted by Gasteiger charge is 2.16. The maximum absolute atomic E-state index is 11.9. The number of halogens is 1. The van der Waals surface area contributed by atoms with Crippen molar-refractivity contribution in [3.05, 3.63) is 35.9 Å². The molecule has 6 nitrogen and oxygen atoms in total. The van der Waals surface area contributed by atoms with E-state index in [1.54, 1.807) is 0 Å². The molecule has 1 atom stereocenters. The fraction of sp³-hybridized carbons (Fsp3) is 0.562. The molecule has 0 spiro atoms. The Hall–Kier alpha value is -1.15. The average molecular weight is 376 g/mol. The van der Waals surface area contributed by atoms with Gasteiger partial charge in [0.2, 0.25) is 15.9 Å². The Balaban J connectivity index is 0.00000288. The second kappa shape index (κ2) is 10.7. The van der Waals surface area contributed by atoms with Gasteiger partial charge in [-0.3, -0.25) is 4.79 Å². The Morgan fingerprint density at radius 1 is 1.25 bits per heavy atom. The zero-order chi connectivity index (χ0) is 16.5. The topological polar surface area (TPSA) is 87.3 Å². The summed E-state index contributed by atoms with van der Waals surface area (Å²) < 4.78 is 26.3. The molecular formula is C16H26ClN3O3S. The number of benzene rings is 1. The maximum Gasteiger partial charge on any atom is 0.220 e. The van der Waals surface area contributed by atoms with E-state index < -0.39 is 10.0 Å². The van der Waals surface area contributed by atoms with Crippen molar-refractivity contribution in [3.63, 3.8) is 0 Å². The molecule has 2 rings (SSSR count). The summed E-state index contributed by atoms with van der Waals surface area (Å²) in [5.74, 6) is 0.392. The standard InChI is InChI=1S/C16H25N3O3S.ClH/c20-16(7-6-15-8-9-17-12-15)18-10-11-23(21,22)19-13-14-4-2-1-3-5-14;/h1-5,15,17,19H,6-13H2,(H,18,20);1H. The molecule has 136 valence electrons. The van der Waals surface area contributed by atoms with E-state index in [1.807, 2.05) is 30.3 Å². The fourth-order valence-electron chi connectivity index (χ4n) is 2.57. The van der Waals surface area contributed by atoms with Crippen molar-refractivity contribution in [2.45, 2.75) is 25.8 Å². The lowest BCUT2D eigenvalue weighted by Gasteiger charge is -2.10. The summed E-state index contributed by atoms with van der Waals surface area (Å²) in [5.41, 5.74) is 0.908. The van der Waals surface area contributed by atoms with Gasteiger partial charge in [-0.1, -0.05) is 30.3 Å². The quantitative estimate of drug-likeness (QED) is 0.601. The largest absolute Gasteiger partial charge is 0.355 e. The molecule has 0 bridgehead atoms. The van der Waals surface area contributed by atoms with Crippen LogP contribution in [-0.4, -0.2) is 39.7 Å². The SMILES string of the molecule is Cl.O=C(CCC1CCNC1)NCCS(=O)(=O)NCc1ccccc1. The normalized spacial score (nSPS) is 17.2. The molecule has 1 fully saturated rings. The van der Waals surface area contributed by atoms with E-state index in [0.717, 1.165) is 31.5 Å². The van der Waals surface area contributed by atoms with Gasteiger partial charge in [0.05, 0.1) is 5.75 Å². The zero-order valence-electron chi connectivity index (χ0n) is 13.7. The van der Waals surface area contributed by atoms with Gasteiger partial charge in [-0.2, -0.15) is 0 Å². The molecule has 0 aliphatic carbocycles. The molecule has 24 heavy (non-hydrogen) atoms. The van der Waals surface area contributed by atoms with E-state index in [9.17, 15) is 13.2 Å². The highest BCUT2D eigenvalue weighted by molar-refractivity contribution is 7.89. The van der Waals surface area contributed by atoms with Crippen LogP contribution in [-0.2, 0) is 21.4 Å². The summed E-state index contributed by atoms with van der Waals surface area (Å²) in [6, 6.07) is 9.34. The maximum atomic E-state index is 11.9. The Morgan fingerprint density at radius 3 is 2.67 bits per heavy atom. The minimum atomic E-state index is -3.38. The van der Waals surface area contributed by atoms with Crippen LogP contribution in [0.2, 0.25) is 0 Å². The van der Waals surface area contributed by atoms with Gasteiger partial charge < -0.3 is 10.6 Å². The van der Waals surface area contributed by atoms with Crippen molar-refractivity contribution in [2.24, 2.45) is 5.92 Å². The van der Waals surface area contributed by atoms with Crippen molar-refractivity contribution >= 4 is 28.3 Å². The monoisotopic (exact) mass is 375 g/mol. The third kappa shape index (κ3) is 8.10. The molecule has 0 saturated carbocycles. The minimum absolute atomic E-state index is 0. The van der Waals surface area contributed by atoms with Crippen LogP contribution in [0.1, 0.15) is 24.8 Å². The van der Waals surface area contributed by atoms with E-state index in [0.29, 0.717) is 12.3 Å². The Kier molecular flexibility index (Phi) is 9.28. The van der Waals surface area contributed by atoms with Crippen LogP contribution in [0.25, 0.3) is 0 Å². The highest BCUT2D eigenvalue weighted by Crippen LogP contribution is 2.13. The lowest BCUT2D eigenvalue weighted by atomic mass is 10.0. The summed E-state index contributed by atoms with van der Waals surface area (Å²) in [5, 5.41) is 5.95.